The van der Waals surface area contributed by atoms with E-state index in [1.807, 2.05) is 0 Å². The molecule has 0 saturated heterocycles. The molecule has 96 valence electrons. The number of aromatic nitrogens is 2. The first-order valence-corrected chi connectivity index (χ1v) is 6.13. The summed E-state index contributed by atoms with van der Waals surface area (Å²) in [5, 5.41) is -0.350. The van der Waals surface area contributed by atoms with E-state index in [2.05, 4.69) is 20.9 Å². The molecule has 2 rings (SSSR count). The second-order valence-electron chi connectivity index (χ2n) is 3.22. The Bertz CT molecular complexity index is 625. The van der Waals surface area contributed by atoms with Crippen molar-refractivity contribution < 1.29 is 18.0 Å². The van der Waals surface area contributed by atoms with Crippen molar-refractivity contribution in [1.82, 2.24) is 9.38 Å². The van der Waals surface area contributed by atoms with E-state index in [4.69, 9.17) is 5.73 Å². The van der Waals surface area contributed by atoms with Gasteiger partial charge in [0.05, 0.1) is 4.60 Å². The number of imidazole rings is 1. The van der Waals surface area contributed by atoms with Gasteiger partial charge in [-0.2, -0.15) is 13.2 Å². The van der Waals surface area contributed by atoms with E-state index in [-0.39, 0.29) is 10.7 Å². The predicted molar refractivity (Wildman–Crippen MR) is 63.3 cm³/mol. The van der Waals surface area contributed by atoms with E-state index in [9.17, 15) is 18.0 Å². The molecule has 0 aliphatic heterocycles. The molecule has 4 nitrogen and oxygen atoms in total. The number of hydrogen-bond acceptors (Lipinski definition) is 3. The van der Waals surface area contributed by atoms with Crippen molar-refractivity contribution in [1.29, 1.82) is 0 Å². The Morgan fingerprint density at radius 3 is 2.67 bits per heavy atom. The minimum absolute atomic E-state index is 0.213. The number of pyridine rings is 1. The van der Waals surface area contributed by atoms with Crippen LogP contribution >= 0.6 is 27.7 Å². The van der Waals surface area contributed by atoms with Gasteiger partial charge >= 0.3 is 5.51 Å². The predicted octanol–water partition coefficient (Wildman–Crippen LogP) is 2.81. The summed E-state index contributed by atoms with van der Waals surface area (Å²) in [6.45, 7) is 0. The van der Waals surface area contributed by atoms with Crippen LogP contribution in [0.1, 0.15) is 10.5 Å². The highest BCUT2D eigenvalue weighted by Gasteiger charge is 2.34. The Kier molecular flexibility index (Phi) is 3.28. The summed E-state index contributed by atoms with van der Waals surface area (Å²) in [7, 11) is 0. The SMILES string of the molecule is NC(=O)c1nc2cccc(Br)n2c1SC(F)(F)F. The highest BCUT2D eigenvalue weighted by atomic mass is 79.9. The monoisotopic (exact) mass is 339 g/mol. The molecule has 2 aromatic rings. The van der Waals surface area contributed by atoms with Gasteiger partial charge in [-0.3, -0.25) is 9.20 Å². The third-order valence-electron chi connectivity index (χ3n) is 2.00. The quantitative estimate of drug-likeness (QED) is 0.676. The number of primary amides is 1. The highest BCUT2D eigenvalue weighted by molar-refractivity contribution is 9.10. The number of rotatable bonds is 2. The van der Waals surface area contributed by atoms with Crippen LogP contribution in [-0.2, 0) is 0 Å². The van der Waals surface area contributed by atoms with E-state index in [1.165, 1.54) is 10.5 Å². The average molecular weight is 340 g/mol. The molecule has 0 radical (unpaired) electrons. The summed E-state index contributed by atoms with van der Waals surface area (Å²) >= 11 is 2.68. The molecule has 1 amide bonds. The van der Waals surface area contributed by atoms with Crippen LogP contribution < -0.4 is 5.73 Å². The van der Waals surface area contributed by atoms with Gasteiger partial charge in [0.1, 0.15) is 10.7 Å². The molecule has 2 aromatic heterocycles. The van der Waals surface area contributed by atoms with Crippen molar-refractivity contribution in [2.45, 2.75) is 10.5 Å². The number of amides is 1. The maximum atomic E-state index is 12.5. The minimum Gasteiger partial charge on any atom is -0.364 e. The van der Waals surface area contributed by atoms with E-state index in [0.29, 0.717) is 4.60 Å². The van der Waals surface area contributed by atoms with Crippen LogP contribution in [0.3, 0.4) is 0 Å². The van der Waals surface area contributed by atoms with Crippen molar-refractivity contribution in [3.8, 4) is 0 Å². The lowest BCUT2D eigenvalue weighted by Crippen LogP contribution is -2.14. The molecule has 0 bridgehead atoms. The molecule has 0 fully saturated rings. The Balaban J connectivity index is 2.73. The van der Waals surface area contributed by atoms with E-state index in [0.717, 1.165) is 0 Å². The molecule has 0 aromatic carbocycles. The van der Waals surface area contributed by atoms with Crippen LogP contribution in [0.15, 0.2) is 27.8 Å². The van der Waals surface area contributed by atoms with Crippen molar-refractivity contribution in [3.05, 3.63) is 28.5 Å². The molecule has 0 aliphatic rings. The number of nitrogens with two attached hydrogens (primary N) is 1. The van der Waals surface area contributed by atoms with Gasteiger partial charge in [-0.15, -0.1) is 0 Å². The number of alkyl halides is 3. The average Bonchev–Trinajstić information content (AvgIpc) is 2.56. The third-order valence-corrected chi connectivity index (χ3v) is 3.42. The van der Waals surface area contributed by atoms with Crippen LogP contribution in [0, 0.1) is 0 Å². The molecule has 0 spiro atoms. The molecule has 0 saturated carbocycles. The Labute approximate surface area is 111 Å². The number of hydrogen-bond donors (Lipinski definition) is 1. The fourth-order valence-corrected chi connectivity index (χ4v) is 2.77. The van der Waals surface area contributed by atoms with Gasteiger partial charge in [-0.1, -0.05) is 6.07 Å². The van der Waals surface area contributed by atoms with Gasteiger partial charge < -0.3 is 5.73 Å². The van der Waals surface area contributed by atoms with Gasteiger partial charge in [0.25, 0.3) is 5.91 Å². The van der Waals surface area contributed by atoms with E-state index >= 15 is 0 Å². The zero-order valence-electron chi connectivity index (χ0n) is 8.53. The molecule has 2 heterocycles. The van der Waals surface area contributed by atoms with Crippen LogP contribution in [0.4, 0.5) is 13.2 Å². The second-order valence-corrected chi connectivity index (χ2v) is 5.09. The summed E-state index contributed by atoms with van der Waals surface area (Å²) in [6.07, 6.45) is 0. The summed E-state index contributed by atoms with van der Waals surface area (Å²) in [4.78, 5) is 14.9. The topological polar surface area (TPSA) is 60.4 Å². The number of halogens is 4. The normalized spacial score (nSPS) is 12.0. The highest BCUT2D eigenvalue weighted by Crippen LogP contribution is 2.39. The molecule has 2 N–H and O–H groups in total. The van der Waals surface area contributed by atoms with Gasteiger partial charge in [0.15, 0.2) is 5.69 Å². The molecule has 9 heteroatoms. The van der Waals surface area contributed by atoms with Crippen molar-refractivity contribution in [2.75, 3.05) is 0 Å². The standard InChI is InChI=1S/C9H5BrF3N3OS/c10-4-2-1-3-5-15-6(7(14)17)8(16(4)5)18-9(11,12)13/h1-3H,(H2,14,17). The third kappa shape index (κ3) is 2.46. The minimum atomic E-state index is -4.53. The molecule has 0 atom stereocenters. The maximum Gasteiger partial charge on any atom is 0.447 e. The second kappa shape index (κ2) is 4.47. The summed E-state index contributed by atoms with van der Waals surface area (Å²) in [5.41, 5.74) is 0.318. The maximum absolute atomic E-state index is 12.5. The van der Waals surface area contributed by atoms with Crippen molar-refractivity contribution in [3.63, 3.8) is 0 Å². The van der Waals surface area contributed by atoms with E-state index < -0.39 is 28.9 Å². The first-order chi connectivity index (χ1) is 8.29. The van der Waals surface area contributed by atoms with E-state index in [1.54, 1.807) is 12.1 Å². The van der Waals surface area contributed by atoms with Gasteiger partial charge in [0.2, 0.25) is 0 Å². The fourth-order valence-electron chi connectivity index (χ4n) is 1.39. The lowest BCUT2D eigenvalue weighted by molar-refractivity contribution is -0.0329. The first-order valence-electron chi connectivity index (χ1n) is 4.52. The number of carbonyl (C=O) groups excluding carboxylic acids is 1. The molecular formula is C9H5BrF3N3OS. The summed E-state index contributed by atoms with van der Waals surface area (Å²) in [6, 6.07) is 4.62. The number of carbonyl (C=O) groups is 1. The Morgan fingerprint density at radius 2 is 2.11 bits per heavy atom. The molecule has 0 unspecified atom stereocenters. The first kappa shape index (κ1) is 13.2. The Morgan fingerprint density at radius 1 is 1.44 bits per heavy atom. The summed E-state index contributed by atoms with van der Waals surface area (Å²) < 4.78 is 39.0. The Hall–Kier alpha value is -1.22. The number of thioether (sulfide) groups is 1. The molecule has 0 aliphatic carbocycles. The molecule has 18 heavy (non-hydrogen) atoms. The largest absolute Gasteiger partial charge is 0.447 e. The van der Waals surface area contributed by atoms with Crippen LogP contribution in [0.25, 0.3) is 5.65 Å². The van der Waals surface area contributed by atoms with Crippen LogP contribution in [0.2, 0.25) is 0 Å². The summed E-state index contributed by atoms with van der Waals surface area (Å²) in [5.74, 6) is -1.00. The van der Waals surface area contributed by atoms with Crippen LogP contribution in [0.5, 0.6) is 0 Å². The number of nitrogens with zero attached hydrogens (tertiary/aromatic N) is 2. The lowest BCUT2D eigenvalue weighted by Gasteiger charge is -2.07. The smallest absolute Gasteiger partial charge is 0.364 e. The van der Waals surface area contributed by atoms with Gasteiger partial charge in [-0.05, 0) is 28.1 Å². The van der Waals surface area contributed by atoms with Crippen LogP contribution in [-0.4, -0.2) is 20.8 Å². The molecular weight excluding hydrogens is 335 g/mol. The number of fused-ring (bicyclic) bond motifs is 1. The zero-order chi connectivity index (χ0) is 13.5. The lowest BCUT2D eigenvalue weighted by atomic mass is 10.5. The fraction of sp³-hybridized carbons (Fsp3) is 0.111. The van der Waals surface area contributed by atoms with Crippen molar-refractivity contribution >= 4 is 39.2 Å². The van der Waals surface area contributed by atoms with Gasteiger partial charge in [-0.25, -0.2) is 4.98 Å². The zero-order valence-corrected chi connectivity index (χ0v) is 10.9. The van der Waals surface area contributed by atoms with Gasteiger partial charge in [0, 0.05) is 11.8 Å². The van der Waals surface area contributed by atoms with Crippen molar-refractivity contribution in [2.24, 2.45) is 5.73 Å².